The fourth-order valence-electron chi connectivity index (χ4n) is 1.71. The zero-order chi connectivity index (χ0) is 13.7. The van der Waals surface area contributed by atoms with Gasteiger partial charge in [-0.15, -0.1) is 11.3 Å². The first-order valence-corrected chi connectivity index (χ1v) is 7.38. The molecule has 1 aromatic carbocycles. The van der Waals surface area contributed by atoms with Crippen LogP contribution in [0, 0.1) is 0 Å². The van der Waals surface area contributed by atoms with Crippen LogP contribution >= 0.6 is 57.7 Å². The van der Waals surface area contributed by atoms with Gasteiger partial charge in [-0.25, -0.2) is 4.98 Å². The summed E-state index contributed by atoms with van der Waals surface area (Å²) >= 11 is 25.2. The average Bonchev–Trinajstić information content (AvgIpc) is 2.35. The van der Waals surface area contributed by atoms with E-state index >= 15 is 0 Å². The molecule has 0 fully saturated rings. The summed E-state index contributed by atoms with van der Waals surface area (Å²) in [5.41, 5.74) is 0.743. The van der Waals surface area contributed by atoms with Crippen LogP contribution in [0.3, 0.4) is 0 Å². The van der Waals surface area contributed by atoms with Gasteiger partial charge < -0.3 is 0 Å². The normalized spacial score (nSPS) is 11.4. The highest BCUT2D eigenvalue weighted by atomic mass is 35.5. The number of rotatable bonds is 0. The molecule has 0 saturated carbocycles. The van der Waals surface area contributed by atoms with Crippen molar-refractivity contribution in [2.75, 3.05) is 0 Å². The van der Waals surface area contributed by atoms with E-state index in [1.54, 1.807) is 12.1 Å². The standard InChI is InChI=1S/C12H3Cl4NOS/c13-4-1-5(14)10-8(2-4)19-12-7(17-10)3-6(15)11(18)9(12)16/h1-3H. The molecule has 1 heterocycles. The summed E-state index contributed by atoms with van der Waals surface area (Å²) in [7, 11) is 0. The summed E-state index contributed by atoms with van der Waals surface area (Å²) in [6.07, 6.45) is 0. The Labute approximate surface area is 131 Å². The number of hydrogen-bond donors (Lipinski definition) is 0. The molecule has 0 spiro atoms. The molecule has 0 unspecified atom stereocenters. The number of aromatic nitrogens is 1. The van der Waals surface area contributed by atoms with Gasteiger partial charge in [-0.2, -0.15) is 0 Å². The van der Waals surface area contributed by atoms with Crippen molar-refractivity contribution < 1.29 is 0 Å². The van der Waals surface area contributed by atoms with Gasteiger partial charge in [0.25, 0.3) is 0 Å². The maximum absolute atomic E-state index is 11.7. The van der Waals surface area contributed by atoms with Gasteiger partial charge >= 0.3 is 0 Å². The second-order valence-electron chi connectivity index (χ2n) is 3.80. The SMILES string of the molecule is O=c1c(Cl)cc2nc3c(Cl)cc(Cl)cc3sc-2c1Cl. The van der Waals surface area contributed by atoms with Crippen LogP contribution in [0.1, 0.15) is 0 Å². The first kappa shape index (κ1) is 13.4. The summed E-state index contributed by atoms with van der Waals surface area (Å²) in [6.45, 7) is 0. The van der Waals surface area contributed by atoms with Crippen LogP contribution in [0.5, 0.6) is 0 Å². The summed E-state index contributed by atoms with van der Waals surface area (Å²) in [4.78, 5) is 16.7. The molecule has 0 bridgehead atoms. The molecule has 0 saturated heterocycles. The molecule has 2 aliphatic rings. The van der Waals surface area contributed by atoms with Gasteiger partial charge in [-0.3, -0.25) is 4.79 Å². The summed E-state index contributed by atoms with van der Waals surface area (Å²) in [6, 6.07) is 4.84. The Bertz CT molecular complexity index is 845. The molecule has 3 rings (SSSR count). The predicted molar refractivity (Wildman–Crippen MR) is 82.6 cm³/mol. The lowest BCUT2D eigenvalue weighted by molar-refractivity contribution is 1.41. The van der Waals surface area contributed by atoms with Crippen molar-refractivity contribution in [3.8, 4) is 10.6 Å². The van der Waals surface area contributed by atoms with E-state index in [4.69, 9.17) is 46.4 Å². The fraction of sp³-hybridized carbons (Fsp3) is 0. The van der Waals surface area contributed by atoms with E-state index in [0.29, 0.717) is 26.1 Å². The lowest BCUT2D eigenvalue weighted by atomic mass is 10.2. The third-order valence-electron chi connectivity index (χ3n) is 2.55. The van der Waals surface area contributed by atoms with Crippen LogP contribution in [0.2, 0.25) is 20.1 Å². The quantitative estimate of drug-likeness (QED) is 0.510. The van der Waals surface area contributed by atoms with E-state index in [-0.39, 0.29) is 10.0 Å². The van der Waals surface area contributed by atoms with Crippen molar-refractivity contribution in [3.05, 3.63) is 48.5 Å². The fourth-order valence-corrected chi connectivity index (χ4v) is 3.98. The molecule has 0 N–H and O–H groups in total. The Hall–Kier alpha value is -0.580. The van der Waals surface area contributed by atoms with Crippen molar-refractivity contribution in [1.29, 1.82) is 0 Å². The molecule has 1 aromatic rings. The maximum Gasteiger partial charge on any atom is 0.217 e. The van der Waals surface area contributed by atoms with Crippen LogP contribution in [0.15, 0.2) is 23.0 Å². The number of fused-ring (bicyclic) bond motifs is 2. The van der Waals surface area contributed by atoms with Crippen molar-refractivity contribution >= 4 is 68.0 Å². The van der Waals surface area contributed by atoms with Gasteiger partial charge in [0, 0.05) is 5.02 Å². The van der Waals surface area contributed by atoms with Crippen molar-refractivity contribution in [1.82, 2.24) is 4.98 Å². The molecule has 19 heavy (non-hydrogen) atoms. The largest absolute Gasteiger partial charge is 0.287 e. The number of nitrogens with zero attached hydrogens (tertiary/aromatic N) is 1. The monoisotopic (exact) mass is 349 g/mol. The van der Waals surface area contributed by atoms with Gasteiger partial charge in [0.1, 0.15) is 5.02 Å². The van der Waals surface area contributed by atoms with Crippen LogP contribution in [0.25, 0.3) is 20.8 Å². The first-order valence-electron chi connectivity index (χ1n) is 5.05. The highest BCUT2D eigenvalue weighted by Gasteiger charge is 2.17. The topological polar surface area (TPSA) is 30.0 Å². The molecule has 1 aliphatic heterocycles. The van der Waals surface area contributed by atoms with E-state index < -0.39 is 5.43 Å². The minimum absolute atomic E-state index is 0.0432. The Morgan fingerprint density at radius 3 is 2.47 bits per heavy atom. The maximum atomic E-state index is 11.7. The van der Waals surface area contributed by atoms with Gasteiger partial charge in [0.05, 0.1) is 30.8 Å². The van der Waals surface area contributed by atoms with Crippen LogP contribution < -0.4 is 5.43 Å². The highest BCUT2D eigenvalue weighted by molar-refractivity contribution is 7.22. The van der Waals surface area contributed by atoms with Gasteiger partial charge in [0.15, 0.2) is 0 Å². The van der Waals surface area contributed by atoms with Crippen LogP contribution in [-0.4, -0.2) is 4.98 Å². The van der Waals surface area contributed by atoms with E-state index in [9.17, 15) is 4.79 Å². The van der Waals surface area contributed by atoms with E-state index in [0.717, 1.165) is 4.70 Å². The van der Waals surface area contributed by atoms with Crippen molar-refractivity contribution in [3.63, 3.8) is 0 Å². The van der Waals surface area contributed by atoms with E-state index in [1.807, 2.05) is 0 Å². The molecular weight excluding hydrogens is 348 g/mol. The summed E-state index contributed by atoms with van der Waals surface area (Å²) in [5, 5.41) is 1.06. The number of hydrogen-bond acceptors (Lipinski definition) is 3. The van der Waals surface area contributed by atoms with Crippen LogP contribution in [-0.2, 0) is 0 Å². The van der Waals surface area contributed by atoms with Gasteiger partial charge in [-0.05, 0) is 18.2 Å². The first-order chi connectivity index (χ1) is 8.97. The molecule has 96 valence electrons. The van der Waals surface area contributed by atoms with Gasteiger partial charge in [-0.1, -0.05) is 46.4 Å². The van der Waals surface area contributed by atoms with Gasteiger partial charge in [0.2, 0.25) is 5.43 Å². The Kier molecular flexibility index (Phi) is 3.36. The molecule has 7 heteroatoms. The average molecular weight is 351 g/mol. The smallest absolute Gasteiger partial charge is 0.217 e. The molecule has 2 nitrogen and oxygen atoms in total. The lowest BCUT2D eigenvalue weighted by Gasteiger charge is -2.09. The Morgan fingerprint density at radius 2 is 1.74 bits per heavy atom. The Morgan fingerprint density at radius 1 is 1.00 bits per heavy atom. The molecule has 0 radical (unpaired) electrons. The molecule has 1 aliphatic carbocycles. The lowest BCUT2D eigenvalue weighted by Crippen LogP contribution is -2.04. The number of halogens is 4. The van der Waals surface area contributed by atoms with E-state index in [2.05, 4.69) is 4.98 Å². The minimum atomic E-state index is -0.402. The second-order valence-corrected chi connectivity index (χ2v) is 6.48. The Balaban J connectivity index is 2.53. The second kappa shape index (κ2) is 4.76. The van der Waals surface area contributed by atoms with E-state index in [1.165, 1.54) is 17.4 Å². The zero-order valence-electron chi connectivity index (χ0n) is 9.01. The van der Waals surface area contributed by atoms with Crippen LogP contribution in [0.4, 0.5) is 0 Å². The summed E-state index contributed by atoms with van der Waals surface area (Å²) in [5.74, 6) is 0. The third kappa shape index (κ3) is 2.20. The summed E-state index contributed by atoms with van der Waals surface area (Å²) < 4.78 is 0.758. The van der Waals surface area contributed by atoms with Crippen molar-refractivity contribution in [2.24, 2.45) is 0 Å². The third-order valence-corrected chi connectivity index (χ3v) is 4.96. The minimum Gasteiger partial charge on any atom is -0.287 e. The number of benzene rings is 2. The highest BCUT2D eigenvalue weighted by Crippen LogP contribution is 2.38. The molecule has 0 aromatic heterocycles. The predicted octanol–water partition coefficient (Wildman–Crippen LogP) is 5.37. The zero-order valence-corrected chi connectivity index (χ0v) is 12.8. The molecule has 0 atom stereocenters. The molecule has 0 amide bonds. The van der Waals surface area contributed by atoms with Crippen molar-refractivity contribution in [2.45, 2.75) is 0 Å². The molecular formula is C12H3Cl4NOS.